The Labute approximate surface area is 236 Å². The van der Waals surface area contributed by atoms with Crippen molar-refractivity contribution in [1.82, 2.24) is 0 Å². The number of hydrogen-bond acceptors (Lipinski definition) is 5. The minimum absolute atomic E-state index is 0.106. The second-order valence-corrected chi connectivity index (χ2v) is 11.0. The first kappa shape index (κ1) is 27.6. The van der Waals surface area contributed by atoms with Gasteiger partial charge in [0.2, 0.25) is 0 Å². The predicted octanol–water partition coefficient (Wildman–Crippen LogP) is 7.07. The summed E-state index contributed by atoms with van der Waals surface area (Å²) < 4.78 is 26.0. The lowest BCUT2D eigenvalue weighted by atomic mass is 10.0. The first-order valence-corrected chi connectivity index (χ1v) is 14.6. The van der Waals surface area contributed by atoms with Gasteiger partial charge in [0.25, 0.3) is 0 Å². The molecule has 1 heterocycles. The Morgan fingerprint density at radius 1 is 0.487 bits per heavy atom. The zero-order valence-electron chi connectivity index (χ0n) is 22.1. The van der Waals surface area contributed by atoms with Crippen molar-refractivity contribution in [3.8, 4) is 0 Å². The molecule has 0 aromatic heterocycles. The van der Waals surface area contributed by atoms with E-state index in [1.807, 2.05) is 84.6 Å². The van der Waals surface area contributed by atoms with Crippen LogP contribution in [0.2, 0.25) is 0 Å². The molecule has 1 saturated heterocycles. The highest BCUT2D eigenvalue weighted by atomic mass is 32.2. The molecule has 0 N–H and O–H groups in total. The molecule has 0 saturated carbocycles. The van der Waals surface area contributed by atoms with Gasteiger partial charge in [0.15, 0.2) is 0 Å². The molecule has 39 heavy (non-hydrogen) atoms. The molecular formula is C34H36O4S. The molecule has 4 aromatic carbocycles. The maximum absolute atomic E-state index is 6.66. The summed E-state index contributed by atoms with van der Waals surface area (Å²) in [4.78, 5) is 0. The Kier molecular flexibility index (Phi) is 10.6. The Hall–Kier alpha value is -2.93. The van der Waals surface area contributed by atoms with E-state index in [-0.39, 0.29) is 23.6 Å². The summed E-state index contributed by atoms with van der Waals surface area (Å²) in [5.74, 6) is 0.816. The van der Waals surface area contributed by atoms with Crippen molar-refractivity contribution >= 4 is 11.8 Å². The summed E-state index contributed by atoms with van der Waals surface area (Å²) in [5.41, 5.74) is 4.59. The Morgan fingerprint density at radius 3 is 1.38 bits per heavy atom. The van der Waals surface area contributed by atoms with Crippen LogP contribution in [0.15, 0.2) is 121 Å². The predicted molar refractivity (Wildman–Crippen MR) is 157 cm³/mol. The molecule has 1 aliphatic heterocycles. The van der Waals surface area contributed by atoms with Gasteiger partial charge in [0.1, 0.15) is 12.2 Å². The summed E-state index contributed by atoms with van der Waals surface area (Å²) >= 11 is 1.86. The van der Waals surface area contributed by atoms with Gasteiger partial charge in [0, 0.05) is 5.75 Å². The van der Waals surface area contributed by atoms with Gasteiger partial charge < -0.3 is 18.9 Å². The molecule has 4 aromatic rings. The van der Waals surface area contributed by atoms with Crippen LogP contribution in [0.1, 0.15) is 22.3 Å². The molecule has 0 aliphatic carbocycles. The van der Waals surface area contributed by atoms with Crippen molar-refractivity contribution < 1.29 is 18.9 Å². The lowest BCUT2D eigenvalue weighted by molar-refractivity contribution is -0.152. The molecule has 0 unspecified atom stereocenters. The van der Waals surface area contributed by atoms with Crippen molar-refractivity contribution in [3.05, 3.63) is 144 Å². The molecule has 202 valence electrons. The Balaban J connectivity index is 1.32. The van der Waals surface area contributed by atoms with E-state index in [1.54, 1.807) is 0 Å². The first-order chi connectivity index (χ1) is 19.3. The van der Waals surface area contributed by atoms with Crippen LogP contribution in [0.4, 0.5) is 0 Å². The third-order valence-electron chi connectivity index (χ3n) is 6.80. The molecule has 0 spiro atoms. The number of ether oxygens (including phenoxy) is 4. The zero-order chi connectivity index (χ0) is 26.5. The molecule has 4 atom stereocenters. The van der Waals surface area contributed by atoms with Gasteiger partial charge in [-0.25, -0.2) is 0 Å². The van der Waals surface area contributed by atoms with E-state index < -0.39 is 0 Å². The summed E-state index contributed by atoms with van der Waals surface area (Å²) in [5, 5.41) is 0.120. The van der Waals surface area contributed by atoms with Gasteiger partial charge in [-0.2, -0.15) is 11.8 Å². The van der Waals surface area contributed by atoms with E-state index in [4.69, 9.17) is 18.9 Å². The fourth-order valence-electron chi connectivity index (χ4n) is 4.70. The van der Waals surface area contributed by atoms with Crippen molar-refractivity contribution in [3.63, 3.8) is 0 Å². The molecule has 0 radical (unpaired) electrons. The van der Waals surface area contributed by atoms with Gasteiger partial charge >= 0.3 is 0 Å². The van der Waals surface area contributed by atoms with E-state index in [0.29, 0.717) is 33.0 Å². The molecular weight excluding hydrogens is 504 g/mol. The topological polar surface area (TPSA) is 36.9 Å². The Morgan fingerprint density at radius 2 is 0.897 bits per heavy atom. The minimum Gasteiger partial charge on any atom is -0.376 e. The van der Waals surface area contributed by atoms with Crippen LogP contribution in [0.5, 0.6) is 0 Å². The first-order valence-electron chi connectivity index (χ1n) is 13.5. The highest BCUT2D eigenvalue weighted by Crippen LogP contribution is 2.34. The number of rotatable bonds is 13. The number of hydrogen-bond donors (Lipinski definition) is 0. The summed E-state index contributed by atoms with van der Waals surface area (Å²) in [6, 6.07) is 41.2. The average molecular weight is 541 g/mol. The molecule has 5 rings (SSSR count). The van der Waals surface area contributed by atoms with Crippen LogP contribution in [0.3, 0.4) is 0 Å². The van der Waals surface area contributed by atoms with Crippen molar-refractivity contribution in [1.29, 1.82) is 0 Å². The fourth-order valence-corrected chi connectivity index (χ4v) is 6.04. The average Bonchev–Trinajstić information content (AvgIpc) is 3.00. The van der Waals surface area contributed by atoms with Crippen molar-refractivity contribution in [2.75, 3.05) is 12.4 Å². The van der Waals surface area contributed by atoms with E-state index in [0.717, 1.165) is 22.4 Å². The maximum Gasteiger partial charge on any atom is 0.112 e. The van der Waals surface area contributed by atoms with Gasteiger partial charge in [-0.3, -0.25) is 0 Å². The zero-order valence-corrected chi connectivity index (χ0v) is 23.0. The van der Waals surface area contributed by atoms with Gasteiger partial charge in [0.05, 0.1) is 44.4 Å². The molecule has 0 amide bonds. The third kappa shape index (κ3) is 8.53. The van der Waals surface area contributed by atoms with Crippen molar-refractivity contribution in [2.45, 2.75) is 50.0 Å². The highest BCUT2D eigenvalue weighted by Gasteiger charge is 2.42. The second-order valence-electron chi connectivity index (χ2n) is 9.73. The standard InChI is InChI=1S/C34H36O4S/c1-5-13-27(14-6-1)21-35-25-32-34(38-24-30-19-11-4-12-20-30)33(37-23-29-17-9-3-10-18-29)31(26-39-32)36-22-28-15-7-2-8-16-28/h1-20,31-34H,21-26H2/t31-,32-,33+,34-/m0/s1. The van der Waals surface area contributed by atoms with Crippen LogP contribution in [0.25, 0.3) is 0 Å². The van der Waals surface area contributed by atoms with Crippen LogP contribution < -0.4 is 0 Å². The highest BCUT2D eigenvalue weighted by molar-refractivity contribution is 8.00. The van der Waals surface area contributed by atoms with E-state index in [1.165, 1.54) is 5.56 Å². The number of thioether (sulfide) groups is 1. The SMILES string of the molecule is c1ccc(COC[C@@H]2SC[C@H](OCc3ccccc3)[C@@H](OCc3ccccc3)[C@H]2OCc2ccccc2)cc1. The van der Waals surface area contributed by atoms with Crippen LogP contribution in [-0.4, -0.2) is 35.9 Å². The summed E-state index contributed by atoms with van der Waals surface area (Å²) in [7, 11) is 0. The van der Waals surface area contributed by atoms with Gasteiger partial charge in [-0.15, -0.1) is 0 Å². The summed E-state index contributed by atoms with van der Waals surface area (Å²) in [6.45, 7) is 2.71. The van der Waals surface area contributed by atoms with Crippen LogP contribution in [-0.2, 0) is 45.4 Å². The molecule has 0 bridgehead atoms. The van der Waals surface area contributed by atoms with E-state index in [2.05, 4.69) is 48.5 Å². The van der Waals surface area contributed by atoms with E-state index >= 15 is 0 Å². The maximum atomic E-state index is 6.66. The van der Waals surface area contributed by atoms with Crippen LogP contribution in [0, 0.1) is 0 Å². The molecule has 5 heteroatoms. The van der Waals surface area contributed by atoms with Gasteiger partial charge in [-0.1, -0.05) is 121 Å². The molecule has 4 nitrogen and oxygen atoms in total. The Bertz CT molecular complexity index is 1210. The van der Waals surface area contributed by atoms with Crippen LogP contribution >= 0.6 is 11.8 Å². The largest absolute Gasteiger partial charge is 0.376 e. The quantitative estimate of drug-likeness (QED) is 0.181. The van der Waals surface area contributed by atoms with Gasteiger partial charge in [-0.05, 0) is 22.3 Å². The monoisotopic (exact) mass is 540 g/mol. The molecule has 1 fully saturated rings. The lowest BCUT2D eigenvalue weighted by Gasteiger charge is -2.42. The van der Waals surface area contributed by atoms with E-state index in [9.17, 15) is 0 Å². The molecule has 1 aliphatic rings. The second kappa shape index (κ2) is 15.0. The minimum atomic E-state index is -0.232. The lowest BCUT2D eigenvalue weighted by Crippen LogP contribution is -2.53. The smallest absolute Gasteiger partial charge is 0.112 e. The third-order valence-corrected chi connectivity index (χ3v) is 8.16. The fraction of sp³-hybridized carbons (Fsp3) is 0.294. The normalized spacial score (nSPS) is 21.0. The summed E-state index contributed by atoms with van der Waals surface area (Å²) in [6.07, 6.45) is -0.529. The van der Waals surface area contributed by atoms with Crippen molar-refractivity contribution in [2.24, 2.45) is 0 Å². The number of benzene rings is 4.